The average molecular weight is 200 g/mol. The zero-order valence-corrected chi connectivity index (χ0v) is 8.47. The zero-order chi connectivity index (χ0) is 9.84. The Morgan fingerprint density at radius 1 is 1.77 bits per heavy atom. The fourth-order valence-electron chi connectivity index (χ4n) is 0.984. The van der Waals surface area contributed by atoms with Crippen molar-refractivity contribution < 1.29 is 9.90 Å². The highest BCUT2D eigenvalue weighted by molar-refractivity contribution is 7.98. The van der Waals surface area contributed by atoms with Crippen LogP contribution < -0.4 is 0 Å². The van der Waals surface area contributed by atoms with Gasteiger partial charge in [0, 0.05) is 24.7 Å². The molecule has 0 saturated carbocycles. The first-order chi connectivity index (χ1) is 6.16. The summed E-state index contributed by atoms with van der Waals surface area (Å²) in [5, 5.41) is 8.71. The molecule has 1 heterocycles. The predicted octanol–water partition coefficient (Wildman–Crippen LogP) is 1.37. The number of imidazole rings is 1. The predicted molar refractivity (Wildman–Crippen MR) is 52.0 cm³/mol. The first-order valence-corrected chi connectivity index (χ1v) is 5.14. The molecule has 0 aliphatic heterocycles. The van der Waals surface area contributed by atoms with Crippen LogP contribution in [0.25, 0.3) is 0 Å². The van der Waals surface area contributed by atoms with Crippen LogP contribution in [0, 0.1) is 0 Å². The van der Waals surface area contributed by atoms with Gasteiger partial charge in [0.2, 0.25) is 5.82 Å². The molecule has 72 valence electrons. The summed E-state index contributed by atoms with van der Waals surface area (Å²) < 4.78 is 1.62. The molecule has 0 amide bonds. The lowest BCUT2D eigenvalue weighted by molar-refractivity contribution is 0.0679. The van der Waals surface area contributed by atoms with E-state index in [0.717, 1.165) is 17.2 Å². The van der Waals surface area contributed by atoms with Crippen molar-refractivity contribution >= 4 is 17.7 Å². The lowest BCUT2D eigenvalue weighted by Crippen LogP contribution is -2.07. The van der Waals surface area contributed by atoms with Crippen LogP contribution >= 0.6 is 11.8 Å². The van der Waals surface area contributed by atoms with E-state index >= 15 is 0 Å². The monoisotopic (exact) mass is 200 g/mol. The number of aromatic nitrogens is 2. The van der Waals surface area contributed by atoms with Gasteiger partial charge in [0.25, 0.3) is 0 Å². The van der Waals surface area contributed by atoms with Crippen molar-refractivity contribution in [1.82, 2.24) is 9.55 Å². The SMILES string of the molecule is CCSCc1cnc(C(=O)O)n1C. The van der Waals surface area contributed by atoms with E-state index in [4.69, 9.17) is 5.11 Å². The van der Waals surface area contributed by atoms with Gasteiger partial charge in [-0.05, 0) is 5.75 Å². The van der Waals surface area contributed by atoms with E-state index in [0.29, 0.717) is 0 Å². The number of carboxylic acids is 1. The molecule has 0 fully saturated rings. The average Bonchev–Trinajstić information content (AvgIpc) is 2.43. The maximum atomic E-state index is 10.6. The van der Waals surface area contributed by atoms with Crippen LogP contribution in [0.5, 0.6) is 0 Å². The Hall–Kier alpha value is -0.970. The van der Waals surface area contributed by atoms with E-state index in [1.165, 1.54) is 0 Å². The van der Waals surface area contributed by atoms with E-state index in [2.05, 4.69) is 11.9 Å². The highest BCUT2D eigenvalue weighted by atomic mass is 32.2. The third kappa shape index (κ3) is 2.24. The van der Waals surface area contributed by atoms with Crippen molar-refractivity contribution in [2.75, 3.05) is 5.75 Å². The van der Waals surface area contributed by atoms with Gasteiger partial charge in [-0.3, -0.25) is 0 Å². The second-order valence-electron chi connectivity index (χ2n) is 2.57. The summed E-state index contributed by atoms with van der Waals surface area (Å²) in [7, 11) is 1.72. The molecule has 1 aromatic rings. The Kier molecular flexibility index (Phi) is 3.36. The van der Waals surface area contributed by atoms with Crippen molar-refractivity contribution in [3.8, 4) is 0 Å². The minimum atomic E-state index is -0.977. The Bertz CT molecular complexity index is 309. The fraction of sp³-hybridized carbons (Fsp3) is 0.500. The van der Waals surface area contributed by atoms with Gasteiger partial charge in [0.15, 0.2) is 0 Å². The summed E-state index contributed by atoms with van der Waals surface area (Å²) in [6.07, 6.45) is 1.62. The molecule has 5 heteroatoms. The van der Waals surface area contributed by atoms with Crippen molar-refractivity contribution in [2.24, 2.45) is 7.05 Å². The number of hydrogen-bond donors (Lipinski definition) is 1. The summed E-state index contributed by atoms with van der Waals surface area (Å²) in [6.45, 7) is 2.07. The molecule has 1 N–H and O–H groups in total. The second-order valence-corrected chi connectivity index (χ2v) is 3.85. The highest BCUT2D eigenvalue weighted by Crippen LogP contribution is 2.12. The number of thioether (sulfide) groups is 1. The van der Waals surface area contributed by atoms with Crippen LogP contribution in [-0.2, 0) is 12.8 Å². The minimum Gasteiger partial charge on any atom is -0.475 e. The molecule has 0 saturated heterocycles. The Morgan fingerprint density at radius 2 is 2.46 bits per heavy atom. The van der Waals surface area contributed by atoms with Gasteiger partial charge in [-0.15, -0.1) is 0 Å². The summed E-state index contributed by atoms with van der Waals surface area (Å²) >= 11 is 1.75. The smallest absolute Gasteiger partial charge is 0.372 e. The van der Waals surface area contributed by atoms with E-state index in [1.54, 1.807) is 29.6 Å². The van der Waals surface area contributed by atoms with Crippen LogP contribution in [0.4, 0.5) is 0 Å². The maximum Gasteiger partial charge on any atom is 0.372 e. The highest BCUT2D eigenvalue weighted by Gasteiger charge is 2.11. The first-order valence-electron chi connectivity index (χ1n) is 3.98. The van der Waals surface area contributed by atoms with E-state index in [1.807, 2.05) is 0 Å². The number of carbonyl (C=O) groups is 1. The quantitative estimate of drug-likeness (QED) is 0.797. The molecule has 0 aliphatic rings. The van der Waals surface area contributed by atoms with Crippen molar-refractivity contribution in [3.63, 3.8) is 0 Å². The van der Waals surface area contributed by atoms with Gasteiger partial charge in [0.05, 0.1) is 0 Å². The third-order valence-electron chi connectivity index (χ3n) is 1.73. The molecule has 0 atom stereocenters. The molecule has 13 heavy (non-hydrogen) atoms. The summed E-state index contributed by atoms with van der Waals surface area (Å²) in [5.74, 6) is 0.961. The van der Waals surface area contributed by atoms with Crippen molar-refractivity contribution in [3.05, 3.63) is 17.7 Å². The van der Waals surface area contributed by atoms with Gasteiger partial charge in [-0.2, -0.15) is 11.8 Å². The molecule has 0 spiro atoms. The fourth-order valence-corrected chi connectivity index (χ4v) is 1.67. The minimum absolute atomic E-state index is 0.103. The number of nitrogens with zero attached hydrogens (tertiary/aromatic N) is 2. The number of carboxylic acid groups (broad SMARTS) is 1. The second kappa shape index (κ2) is 4.32. The molecule has 0 bridgehead atoms. The van der Waals surface area contributed by atoms with Crippen molar-refractivity contribution in [1.29, 1.82) is 0 Å². The van der Waals surface area contributed by atoms with E-state index in [-0.39, 0.29) is 5.82 Å². The number of aromatic carboxylic acids is 1. The molecular weight excluding hydrogens is 188 g/mol. The molecule has 0 radical (unpaired) electrons. The topological polar surface area (TPSA) is 55.1 Å². The lowest BCUT2D eigenvalue weighted by Gasteiger charge is -2.01. The van der Waals surface area contributed by atoms with Gasteiger partial charge in [-0.25, -0.2) is 9.78 Å². The maximum absolute atomic E-state index is 10.6. The van der Waals surface area contributed by atoms with Crippen LogP contribution in [-0.4, -0.2) is 26.4 Å². The zero-order valence-electron chi connectivity index (χ0n) is 7.65. The molecule has 0 aromatic carbocycles. The van der Waals surface area contributed by atoms with Gasteiger partial charge >= 0.3 is 5.97 Å². The molecule has 4 nitrogen and oxygen atoms in total. The van der Waals surface area contributed by atoms with E-state index in [9.17, 15) is 4.79 Å². The number of rotatable bonds is 4. The standard InChI is InChI=1S/C8H12N2O2S/c1-3-13-5-6-4-9-7(8(11)12)10(6)2/h4H,3,5H2,1-2H3,(H,11,12). The van der Waals surface area contributed by atoms with Crippen LogP contribution in [0.3, 0.4) is 0 Å². The van der Waals surface area contributed by atoms with Crippen molar-refractivity contribution in [2.45, 2.75) is 12.7 Å². The largest absolute Gasteiger partial charge is 0.475 e. The van der Waals surface area contributed by atoms with Crippen LogP contribution in [0.15, 0.2) is 6.20 Å². The van der Waals surface area contributed by atoms with Gasteiger partial charge in [-0.1, -0.05) is 6.92 Å². The summed E-state index contributed by atoms with van der Waals surface area (Å²) in [5.41, 5.74) is 0.948. The van der Waals surface area contributed by atoms with Crippen LogP contribution in [0.2, 0.25) is 0 Å². The first kappa shape index (κ1) is 10.1. The summed E-state index contributed by atoms with van der Waals surface area (Å²) in [4.78, 5) is 14.4. The molecule has 0 unspecified atom stereocenters. The third-order valence-corrected chi connectivity index (χ3v) is 2.64. The molecular formula is C8H12N2O2S. The lowest BCUT2D eigenvalue weighted by atomic mass is 10.5. The van der Waals surface area contributed by atoms with Gasteiger partial charge in [0.1, 0.15) is 0 Å². The molecule has 1 rings (SSSR count). The Morgan fingerprint density at radius 3 is 2.92 bits per heavy atom. The normalized spacial score (nSPS) is 10.3. The Labute approximate surface area is 81.0 Å². The molecule has 0 aliphatic carbocycles. The Balaban J connectivity index is 2.80. The summed E-state index contributed by atoms with van der Waals surface area (Å²) in [6, 6.07) is 0. The van der Waals surface area contributed by atoms with Gasteiger partial charge < -0.3 is 9.67 Å². The van der Waals surface area contributed by atoms with Crippen LogP contribution in [0.1, 0.15) is 23.2 Å². The van der Waals surface area contributed by atoms with E-state index < -0.39 is 5.97 Å². The number of hydrogen-bond acceptors (Lipinski definition) is 3. The molecule has 1 aromatic heterocycles.